The van der Waals surface area contributed by atoms with Crippen molar-refractivity contribution in [2.75, 3.05) is 0 Å². The summed E-state index contributed by atoms with van der Waals surface area (Å²) in [4.78, 5) is 4.30. The van der Waals surface area contributed by atoms with Gasteiger partial charge in [-0.25, -0.2) is 0 Å². The van der Waals surface area contributed by atoms with Crippen molar-refractivity contribution < 1.29 is 0 Å². The van der Waals surface area contributed by atoms with Crippen molar-refractivity contribution in [2.24, 2.45) is 0 Å². The van der Waals surface area contributed by atoms with E-state index in [4.69, 9.17) is 0 Å². The molecule has 0 fully saturated rings. The van der Waals surface area contributed by atoms with Crippen LogP contribution in [0, 0.1) is 11.8 Å². The van der Waals surface area contributed by atoms with Crippen molar-refractivity contribution in [1.29, 1.82) is 0 Å². The van der Waals surface area contributed by atoms with Gasteiger partial charge in [0.25, 0.3) is 0 Å². The molecule has 0 unspecified atom stereocenters. The van der Waals surface area contributed by atoms with Crippen LogP contribution < -0.4 is 5.32 Å². The first kappa shape index (κ1) is 10.7. The molecule has 74 valence electrons. The average molecular weight is 188 g/mol. The van der Waals surface area contributed by atoms with Gasteiger partial charge in [-0.1, -0.05) is 19.8 Å². The van der Waals surface area contributed by atoms with Crippen molar-refractivity contribution in [3.8, 4) is 11.8 Å². The number of nitrogens with zero attached hydrogens (tertiary/aromatic N) is 1. The molecule has 1 N–H and O–H groups in total. The largest absolute Gasteiger partial charge is 0.309 e. The average Bonchev–Trinajstić information content (AvgIpc) is 2.17. The van der Waals surface area contributed by atoms with Gasteiger partial charge in [-0.05, 0) is 19.1 Å². The van der Waals surface area contributed by atoms with E-state index < -0.39 is 0 Å². The van der Waals surface area contributed by atoms with Gasteiger partial charge in [0.15, 0.2) is 0 Å². The Morgan fingerprint density at radius 2 is 2.21 bits per heavy atom. The lowest BCUT2D eigenvalue weighted by Crippen LogP contribution is -2.22. The molecule has 2 heteroatoms. The zero-order chi connectivity index (χ0) is 10.4. The quantitative estimate of drug-likeness (QED) is 0.733. The van der Waals surface area contributed by atoms with Crippen molar-refractivity contribution in [3.05, 3.63) is 29.6 Å². The van der Waals surface area contributed by atoms with Crippen LogP contribution >= 0.6 is 0 Å². The summed E-state index contributed by atoms with van der Waals surface area (Å²) in [5.41, 5.74) is 2.03. The van der Waals surface area contributed by atoms with E-state index >= 15 is 0 Å². The van der Waals surface area contributed by atoms with Crippen molar-refractivity contribution in [1.82, 2.24) is 10.3 Å². The zero-order valence-corrected chi connectivity index (χ0v) is 8.96. The molecular weight excluding hydrogens is 172 g/mol. The van der Waals surface area contributed by atoms with E-state index in [0.29, 0.717) is 6.04 Å². The van der Waals surface area contributed by atoms with Gasteiger partial charge in [-0.15, -0.1) is 5.92 Å². The van der Waals surface area contributed by atoms with Crippen LogP contribution in [0.2, 0.25) is 0 Å². The predicted molar refractivity (Wildman–Crippen MR) is 58.8 cm³/mol. The van der Waals surface area contributed by atoms with Crippen LogP contribution in [0.25, 0.3) is 0 Å². The van der Waals surface area contributed by atoms with E-state index in [0.717, 1.165) is 17.8 Å². The Morgan fingerprint density at radius 3 is 2.71 bits per heavy atom. The first-order valence-corrected chi connectivity index (χ1v) is 4.83. The van der Waals surface area contributed by atoms with Crippen LogP contribution in [-0.2, 0) is 6.54 Å². The van der Waals surface area contributed by atoms with E-state index in [1.54, 1.807) is 0 Å². The minimum atomic E-state index is 0.493. The number of hydrogen-bond donors (Lipinski definition) is 1. The molecular formula is C12H16N2. The second kappa shape index (κ2) is 5.41. The second-order valence-corrected chi connectivity index (χ2v) is 3.45. The van der Waals surface area contributed by atoms with Crippen LogP contribution in [0.5, 0.6) is 0 Å². The summed E-state index contributed by atoms with van der Waals surface area (Å²) in [6, 6.07) is 4.50. The molecule has 0 aromatic carbocycles. The second-order valence-electron chi connectivity index (χ2n) is 3.45. The van der Waals surface area contributed by atoms with Crippen LogP contribution in [0.3, 0.4) is 0 Å². The zero-order valence-electron chi connectivity index (χ0n) is 8.96. The maximum Gasteiger partial charge on any atom is 0.0542 e. The summed E-state index contributed by atoms with van der Waals surface area (Å²) in [5, 5.41) is 3.31. The molecule has 0 radical (unpaired) electrons. The van der Waals surface area contributed by atoms with Crippen molar-refractivity contribution >= 4 is 0 Å². The lowest BCUT2D eigenvalue weighted by Gasteiger charge is -2.06. The molecule has 1 aromatic heterocycles. The number of pyridine rings is 1. The Labute approximate surface area is 85.8 Å². The third-order valence-corrected chi connectivity index (χ3v) is 1.79. The van der Waals surface area contributed by atoms with Crippen LogP contribution in [-0.4, -0.2) is 11.0 Å². The molecule has 1 rings (SSSR count). The molecule has 0 aliphatic rings. The van der Waals surface area contributed by atoms with E-state index in [1.165, 1.54) is 0 Å². The van der Waals surface area contributed by atoms with Gasteiger partial charge < -0.3 is 5.32 Å². The van der Waals surface area contributed by atoms with Gasteiger partial charge in [0.05, 0.1) is 5.69 Å². The number of nitrogens with one attached hydrogen (secondary N) is 1. The van der Waals surface area contributed by atoms with Gasteiger partial charge >= 0.3 is 0 Å². The summed E-state index contributed by atoms with van der Waals surface area (Å²) < 4.78 is 0. The topological polar surface area (TPSA) is 24.9 Å². The van der Waals surface area contributed by atoms with Gasteiger partial charge in [-0.3, -0.25) is 4.98 Å². The molecule has 0 amide bonds. The van der Waals surface area contributed by atoms with Crippen molar-refractivity contribution in [2.45, 2.75) is 33.4 Å². The highest BCUT2D eigenvalue weighted by Gasteiger charge is 1.95. The van der Waals surface area contributed by atoms with Gasteiger partial charge in [0.1, 0.15) is 0 Å². The molecule has 2 nitrogen and oxygen atoms in total. The number of rotatable bonds is 3. The van der Waals surface area contributed by atoms with E-state index in [9.17, 15) is 0 Å². The fourth-order valence-corrected chi connectivity index (χ4v) is 1.06. The predicted octanol–water partition coefficient (Wildman–Crippen LogP) is 1.95. The molecule has 0 atom stereocenters. The SMILES string of the molecule is CC#Cc1ccc(CNC(C)C)nc1. The third-order valence-electron chi connectivity index (χ3n) is 1.79. The maximum absolute atomic E-state index is 4.30. The highest BCUT2D eigenvalue weighted by molar-refractivity contribution is 5.31. The standard InChI is InChI=1S/C12H16N2/c1-4-5-11-6-7-12(14-8-11)9-13-10(2)3/h6-8,10,13H,9H2,1-3H3. The van der Waals surface area contributed by atoms with E-state index in [2.05, 4.69) is 36.0 Å². The summed E-state index contributed by atoms with van der Waals surface area (Å²) in [5.74, 6) is 5.81. The van der Waals surface area contributed by atoms with Crippen LogP contribution in [0.4, 0.5) is 0 Å². The normalized spacial score (nSPS) is 9.71. The highest BCUT2D eigenvalue weighted by Crippen LogP contribution is 1.98. The summed E-state index contributed by atoms with van der Waals surface area (Å²) in [6.07, 6.45) is 1.81. The van der Waals surface area contributed by atoms with Gasteiger partial charge in [-0.2, -0.15) is 0 Å². The molecule has 0 aliphatic carbocycles. The molecule has 0 saturated heterocycles. The molecule has 1 heterocycles. The Morgan fingerprint density at radius 1 is 1.43 bits per heavy atom. The summed E-state index contributed by atoms with van der Waals surface area (Å²) in [7, 11) is 0. The Balaban J connectivity index is 2.58. The Kier molecular flexibility index (Phi) is 4.15. The molecule has 0 aliphatic heterocycles. The molecule has 0 spiro atoms. The Hall–Kier alpha value is -1.33. The highest BCUT2D eigenvalue weighted by atomic mass is 14.9. The fourth-order valence-electron chi connectivity index (χ4n) is 1.06. The number of aromatic nitrogens is 1. The molecule has 0 saturated carbocycles. The van der Waals surface area contributed by atoms with Gasteiger partial charge in [0, 0.05) is 24.3 Å². The lowest BCUT2D eigenvalue weighted by atomic mass is 10.2. The smallest absolute Gasteiger partial charge is 0.0542 e. The first-order chi connectivity index (χ1) is 6.72. The molecule has 0 bridgehead atoms. The minimum Gasteiger partial charge on any atom is -0.309 e. The molecule has 1 aromatic rings. The maximum atomic E-state index is 4.30. The lowest BCUT2D eigenvalue weighted by molar-refractivity contribution is 0.581. The van der Waals surface area contributed by atoms with Crippen LogP contribution in [0.15, 0.2) is 18.3 Å². The monoisotopic (exact) mass is 188 g/mol. The fraction of sp³-hybridized carbons (Fsp3) is 0.417. The molecule has 14 heavy (non-hydrogen) atoms. The summed E-state index contributed by atoms with van der Waals surface area (Å²) in [6.45, 7) is 6.89. The third kappa shape index (κ3) is 3.59. The Bertz CT molecular complexity index is 328. The summed E-state index contributed by atoms with van der Waals surface area (Å²) >= 11 is 0. The van der Waals surface area contributed by atoms with E-state index in [1.807, 2.05) is 25.3 Å². The first-order valence-electron chi connectivity index (χ1n) is 4.83. The van der Waals surface area contributed by atoms with E-state index in [-0.39, 0.29) is 0 Å². The van der Waals surface area contributed by atoms with Crippen LogP contribution in [0.1, 0.15) is 32.0 Å². The number of hydrogen-bond acceptors (Lipinski definition) is 2. The minimum absolute atomic E-state index is 0.493. The van der Waals surface area contributed by atoms with Crippen molar-refractivity contribution in [3.63, 3.8) is 0 Å². The van der Waals surface area contributed by atoms with Gasteiger partial charge in [0.2, 0.25) is 0 Å².